The van der Waals surface area contributed by atoms with Gasteiger partial charge in [-0.15, -0.1) is 0 Å². The number of hydrogen-bond acceptors (Lipinski definition) is 2. The fraction of sp³-hybridized carbons (Fsp3) is 0.647. The molecule has 0 amide bonds. The van der Waals surface area contributed by atoms with E-state index >= 15 is 0 Å². The summed E-state index contributed by atoms with van der Waals surface area (Å²) < 4.78 is 5.47. The molecule has 2 heteroatoms. The van der Waals surface area contributed by atoms with Crippen LogP contribution in [-0.4, -0.2) is 13.2 Å². The first kappa shape index (κ1) is 15.9. The van der Waals surface area contributed by atoms with E-state index in [1.165, 1.54) is 48.9 Å². The minimum atomic E-state index is 0.517. The Labute approximate surface area is 118 Å². The second-order valence-electron chi connectivity index (χ2n) is 5.48. The molecule has 0 saturated heterocycles. The van der Waals surface area contributed by atoms with E-state index in [0.29, 0.717) is 6.04 Å². The molecule has 0 aromatic heterocycles. The molecule has 1 N–H and O–H groups in total. The molecule has 0 bridgehead atoms. The van der Waals surface area contributed by atoms with E-state index in [-0.39, 0.29) is 0 Å². The maximum absolute atomic E-state index is 5.47. The molecule has 0 spiro atoms. The third kappa shape index (κ3) is 4.77. The van der Waals surface area contributed by atoms with Crippen LogP contribution in [0.5, 0.6) is 5.75 Å². The van der Waals surface area contributed by atoms with Crippen LogP contribution in [0.25, 0.3) is 0 Å². The van der Waals surface area contributed by atoms with Gasteiger partial charge in [-0.1, -0.05) is 38.7 Å². The molecule has 0 radical (unpaired) electrons. The fourth-order valence-corrected chi connectivity index (χ4v) is 2.51. The van der Waals surface area contributed by atoms with Crippen molar-refractivity contribution in [2.45, 2.75) is 65.8 Å². The first-order valence-electron chi connectivity index (χ1n) is 7.50. The molecule has 0 aliphatic rings. The minimum absolute atomic E-state index is 0.517. The minimum Gasteiger partial charge on any atom is -0.496 e. The second kappa shape index (κ2) is 8.08. The van der Waals surface area contributed by atoms with E-state index in [2.05, 4.69) is 45.1 Å². The van der Waals surface area contributed by atoms with Gasteiger partial charge in [-0.3, -0.25) is 0 Å². The van der Waals surface area contributed by atoms with Gasteiger partial charge < -0.3 is 10.1 Å². The Morgan fingerprint density at radius 3 is 2.53 bits per heavy atom. The molecule has 19 heavy (non-hydrogen) atoms. The monoisotopic (exact) mass is 263 g/mol. The Morgan fingerprint density at radius 2 is 1.89 bits per heavy atom. The predicted octanol–water partition coefficient (Wildman–Crippen LogP) is 5.08. The topological polar surface area (TPSA) is 21.3 Å². The van der Waals surface area contributed by atoms with Crippen LogP contribution in [0.1, 0.15) is 57.1 Å². The van der Waals surface area contributed by atoms with Gasteiger partial charge in [0.15, 0.2) is 0 Å². The summed E-state index contributed by atoms with van der Waals surface area (Å²) in [5.41, 5.74) is 3.61. The van der Waals surface area contributed by atoms with Crippen LogP contribution in [0.4, 0.5) is 5.69 Å². The zero-order chi connectivity index (χ0) is 14.3. The molecule has 0 heterocycles. The molecule has 1 rings (SSSR count). The van der Waals surface area contributed by atoms with Crippen molar-refractivity contribution in [2.24, 2.45) is 0 Å². The smallest absolute Gasteiger partial charge is 0.126 e. The van der Waals surface area contributed by atoms with Gasteiger partial charge in [0.25, 0.3) is 0 Å². The number of benzene rings is 1. The standard InChI is InChI=1S/C17H29NO/c1-6-7-8-9-10-14(3)18-16-12-11-13(2)17(19-5)15(16)4/h11-12,14,18H,6-10H2,1-5H3. The number of ether oxygens (including phenoxy) is 1. The summed E-state index contributed by atoms with van der Waals surface area (Å²) in [6.07, 6.45) is 6.54. The van der Waals surface area contributed by atoms with Crippen molar-refractivity contribution in [3.05, 3.63) is 23.3 Å². The van der Waals surface area contributed by atoms with Crippen molar-refractivity contribution in [1.29, 1.82) is 0 Å². The van der Waals surface area contributed by atoms with Crippen LogP contribution in [0.3, 0.4) is 0 Å². The average molecular weight is 263 g/mol. The Hall–Kier alpha value is -1.18. The van der Waals surface area contributed by atoms with E-state index in [4.69, 9.17) is 4.74 Å². The quantitative estimate of drug-likeness (QED) is 0.660. The first-order chi connectivity index (χ1) is 9.10. The van der Waals surface area contributed by atoms with Crippen molar-refractivity contribution < 1.29 is 4.74 Å². The molecule has 0 aliphatic carbocycles. The summed E-state index contributed by atoms with van der Waals surface area (Å²) in [5.74, 6) is 1.00. The highest BCUT2D eigenvalue weighted by molar-refractivity contribution is 5.59. The maximum Gasteiger partial charge on any atom is 0.126 e. The van der Waals surface area contributed by atoms with E-state index in [9.17, 15) is 0 Å². The van der Waals surface area contributed by atoms with Crippen molar-refractivity contribution in [2.75, 3.05) is 12.4 Å². The number of anilines is 1. The Bertz CT molecular complexity index is 387. The largest absolute Gasteiger partial charge is 0.496 e. The predicted molar refractivity (Wildman–Crippen MR) is 84.3 cm³/mol. The Morgan fingerprint density at radius 1 is 1.16 bits per heavy atom. The molecular formula is C17H29NO. The lowest BCUT2D eigenvalue weighted by Crippen LogP contribution is -2.16. The summed E-state index contributed by atoms with van der Waals surface area (Å²) in [7, 11) is 1.74. The summed E-state index contributed by atoms with van der Waals surface area (Å²) in [4.78, 5) is 0. The van der Waals surface area contributed by atoms with Crippen LogP contribution < -0.4 is 10.1 Å². The molecule has 0 fully saturated rings. The average Bonchev–Trinajstić information content (AvgIpc) is 2.39. The van der Waals surface area contributed by atoms with Crippen LogP contribution in [0.15, 0.2) is 12.1 Å². The zero-order valence-corrected chi connectivity index (χ0v) is 13.2. The molecule has 1 aromatic carbocycles. The summed E-state index contributed by atoms with van der Waals surface area (Å²) in [6.45, 7) is 8.73. The molecule has 1 aromatic rings. The van der Waals surface area contributed by atoms with Gasteiger partial charge in [-0.25, -0.2) is 0 Å². The van der Waals surface area contributed by atoms with Crippen LogP contribution in [0, 0.1) is 13.8 Å². The summed E-state index contributed by atoms with van der Waals surface area (Å²) in [6, 6.07) is 4.80. The zero-order valence-electron chi connectivity index (χ0n) is 13.2. The molecular weight excluding hydrogens is 234 g/mol. The van der Waals surface area contributed by atoms with Crippen molar-refractivity contribution in [3.63, 3.8) is 0 Å². The van der Waals surface area contributed by atoms with Crippen molar-refractivity contribution in [1.82, 2.24) is 0 Å². The van der Waals surface area contributed by atoms with Gasteiger partial charge >= 0.3 is 0 Å². The Kier molecular flexibility index (Phi) is 6.75. The Balaban J connectivity index is 2.57. The highest BCUT2D eigenvalue weighted by Gasteiger charge is 2.09. The normalized spacial score (nSPS) is 12.3. The number of rotatable bonds is 8. The second-order valence-corrected chi connectivity index (χ2v) is 5.48. The van der Waals surface area contributed by atoms with E-state index < -0.39 is 0 Å². The van der Waals surface area contributed by atoms with Gasteiger partial charge in [0, 0.05) is 17.3 Å². The van der Waals surface area contributed by atoms with Gasteiger partial charge in [-0.05, 0) is 38.8 Å². The lowest BCUT2D eigenvalue weighted by Gasteiger charge is -2.19. The number of unbranched alkanes of at least 4 members (excludes halogenated alkanes) is 3. The molecule has 1 atom stereocenters. The maximum atomic E-state index is 5.47. The molecule has 2 nitrogen and oxygen atoms in total. The third-order valence-electron chi connectivity index (χ3n) is 3.70. The van der Waals surface area contributed by atoms with Crippen LogP contribution in [-0.2, 0) is 0 Å². The van der Waals surface area contributed by atoms with Crippen molar-refractivity contribution >= 4 is 5.69 Å². The first-order valence-corrected chi connectivity index (χ1v) is 7.50. The molecule has 0 aliphatic heterocycles. The number of methoxy groups -OCH3 is 1. The van der Waals surface area contributed by atoms with E-state index in [1.54, 1.807) is 7.11 Å². The highest BCUT2D eigenvalue weighted by atomic mass is 16.5. The van der Waals surface area contributed by atoms with E-state index in [0.717, 1.165) is 5.75 Å². The third-order valence-corrected chi connectivity index (χ3v) is 3.70. The number of aryl methyl sites for hydroxylation is 1. The summed E-state index contributed by atoms with van der Waals surface area (Å²) >= 11 is 0. The van der Waals surface area contributed by atoms with Crippen LogP contribution >= 0.6 is 0 Å². The lowest BCUT2D eigenvalue weighted by atomic mass is 10.1. The van der Waals surface area contributed by atoms with Crippen LogP contribution in [0.2, 0.25) is 0 Å². The van der Waals surface area contributed by atoms with Gasteiger partial charge in [0.1, 0.15) is 5.75 Å². The summed E-state index contributed by atoms with van der Waals surface area (Å²) in [5, 5.41) is 3.61. The lowest BCUT2D eigenvalue weighted by molar-refractivity contribution is 0.409. The molecule has 0 saturated carbocycles. The highest BCUT2D eigenvalue weighted by Crippen LogP contribution is 2.29. The SMILES string of the molecule is CCCCCCC(C)Nc1ccc(C)c(OC)c1C. The number of hydrogen-bond donors (Lipinski definition) is 1. The van der Waals surface area contributed by atoms with E-state index in [1.807, 2.05) is 0 Å². The van der Waals surface area contributed by atoms with Crippen molar-refractivity contribution in [3.8, 4) is 5.75 Å². The van der Waals surface area contributed by atoms with Gasteiger partial charge in [-0.2, -0.15) is 0 Å². The number of nitrogens with one attached hydrogen (secondary N) is 1. The van der Waals surface area contributed by atoms with Gasteiger partial charge in [0.2, 0.25) is 0 Å². The molecule has 1 unspecified atom stereocenters. The fourth-order valence-electron chi connectivity index (χ4n) is 2.51. The molecule has 108 valence electrons. The van der Waals surface area contributed by atoms with Gasteiger partial charge in [0.05, 0.1) is 7.11 Å².